The number of fused-ring (bicyclic) bond motifs is 1. The molecule has 0 N–H and O–H groups in total. The van der Waals surface area contributed by atoms with Crippen molar-refractivity contribution in [2.45, 2.75) is 6.29 Å². The molecular formula is C25H21FO9S2. The molecule has 9 nitrogen and oxygen atoms in total. The first-order valence-electron chi connectivity index (χ1n) is 10.6. The summed E-state index contributed by atoms with van der Waals surface area (Å²) in [6, 6.07) is 22.2. The van der Waals surface area contributed by atoms with Gasteiger partial charge in [-0.25, -0.2) is 0 Å². The van der Waals surface area contributed by atoms with Crippen LogP contribution in [0.3, 0.4) is 0 Å². The Morgan fingerprint density at radius 2 is 1.19 bits per heavy atom. The lowest BCUT2D eigenvalue weighted by atomic mass is 10.0. The van der Waals surface area contributed by atoms with Gasteiger partial charge in [-0.1, -0.05) is 28.2 Å². The monoisotopic (exact) mass is 548 g/mol. The summed E-state index contributed by atoms with van der Waals surface area (Å²) in [6.07, 6.45) is -0.0794. The zero-order valence-corrected chi connectivity index (χ0v) is 21.2. The van der Waals surface area contributed by atoms with Gasteiger partial charge in [0, 0.05) is 5.56 Å². The third kappa shape index (κ3) is 7.24. The van der Waals surface area contributed by atoms with E-state index in [1.807, 2.05) is 30.3 Å². The molecule has 0 heterocycles. The van der Waals surface area contributed by atoms with Crippen molar-refractivity contribution in [2.75, 3.05) is 13.4 Å². The molecule has 4 rings (SSSR count). The van der Waals surface area contributed by atoms with Crippen molar-refractivity contribution in [1.82, 2.24) is 0 Å². The summed E-state index contributed by atoms with van der Waals surface area (Å²) in [5.74, 6) is 1.11. The smallest absolute Gasteiger partial charge is 0.488 e. The van der Waals surface area contributed by atoms with Gasteiger partial charge in [-0.15, -0.1) is 0 Å². The van der Waals surface area contributed by atoms with Crippen molar-refractivity contribution in [3.8, 4) is 28.7 Å². The number of benzene rings is 4. The van der Waals surface area contributed by atoms with Crippen LogP contribution in [0.25, 0.3) is 10.8 Å². The van der Waals surface area contributed by atoms with E-state index in [1.165, 1.54) is 48.5 Å². The predicted molar refractivity (Wildman–Crippen MR) is 134 cm³/mol. The highest BCUT2D eigenvalue weighted by molar-refractivity contribution is 7.86. The van der Waals surface area contributed by atoms with Gasteiger partial charge < -0.3 is 22.6 Å². The summed E-state index contributed by atoms with van der Waals surface area (Å²) in [4.78, 5) is 0. The second kappa shape index (κ2) is 10.5. The standard InChI is InChI=1S/C25H21FO9S2/c1-31-22-7-6-17-4-3-5-23(24(17)16-22)25(32-18-8-12-20(13-9-18)34-36(2,27)28)33-19-10-14-21(15-11-19)35-37(26,29)30/h3-16,25H,1-2H3. The zero-order valence-electron chi connectivity index (χ0n) is 19.5. The molecule has 0 aliphatic carbocycles. The van der Waals surface area contributed by atoms with E-state index in [2.05, 4.69) is 4.18 Å². The Balaban J connectivity index is 1.69. The van der Waals surface area contributed by atoms with Crippen LogP contribution in [-0.4, -0.2) is 30.2 Å². The second-order valence-electron chi connectivity index (χ2n) is 7.71. The van der Waals surface area contributed by atoms with Gasteiger partial charge in [0.05, 0.1) is 13.4 Å². The quantitative estimate of drug-likeness (QED) is 0.154. The SMILES string of the molecule is COc1ccc2cccc(C(Oc3ccc(OS(C)(=O)=O)cc3)Oc3ccc(OS(=O)(=O)F)cc3)c2c1. The highest BCUT2D eigenvalue weighted by atomic mass is 32.3. The molecule has 4 aromatic carbocycles. The molecule has 0 bridgehead atoms. The molecule has 37 heavy (non-hydrogen) atoms. The Hall–Kier alpha value is -4.03. The Morgan fingerprint density at radius 1 is 0.676 bits per heavy atom. The van der Waals surface area contributed by atoms with Crippen LogP contribution < -0.4 is 22.6 Å². The zero-order chi connectivity index (χ0) is 26.6. The van der Waals surface area contributed by atoms with E-state index in [-0.39, 0.29) is 17.2 Å². The first-order chi connectivity index (χ1) is 17.5. The van der Waals surface area contributed by atoms with Gasteiger partial charge >= 0.3 is 20.6 Å². The summed E-state index contributed by atoms with van der Waals surface area (Å²) in [5.41, 5.74) is 0.638. The van der Waals surface area contributed by atoms with Crippen molar-refractivity contribution < 1.29 is 43.3 Å². The predicted octanol–water partition coefficient (Wildman–Crippen LogP) is 4.94. The summed E-state index contributed by atoms with van der Waals surface area (Å²) in [6.45, 7) is 0. The van der Waals surface area contributed by atoms with Crippen molar-refractivity contribution in [3.05, 3.63) is 90.5 Å². The fourth-order valence-corrected chi connectivity index (χ4v) is 4.25. The maximum Gasteiger partial charge on any atom is 0.488 e. The Bertz CT molecular complexity index is 1520. The van der Waals surface area contributed by atoms with Crippen LogP contribution in [-0.2, 0) is 20.6 Å². The lowest BCUT2D eigenvalue weighted by molar-refractivity contribution is 0.00496. The van der Waals surface area contributed by atoms with Crippen LogP contribution in [0.15, 0.2) is 84.9 Å². The first kappa shape index (κ1) is 26.0. The normalized spacial score (nSPS) is 12.5. The fraction of sp³-hybridized carbons (Fsp3) is 0.120. The van der Waals surface area contributed by atoms with Gasteiger partial charge in [0.15, 0.2) is 0 Å². The van der Waals surface area contributed by atoms with E-state index in [1.54, 1.807) is 13.2 Å². The first-order valence-corrected chi connectivity index (χ1v) is 13.8. The van der Waals surface area contributed by atoms with Crippen LogP contribution in [0.1, 0.15) is 11.9 Å². The van der Waals surface area contributed by atoms with Crippen LogP contribution >= 0.6 is 0 Å². The van der Waals surface area contributed by atoms with Crippen molar-refractivity contribution in [2.24, 2.45) is 0 Å². The lowest BCUT2D eigenvalue weighted by Gasteiger charge is -2.23. The highest BCUT2D eigenvalue weighted by Gasteiger charge is 2.20. The molecule has 0 aliphatic heterocycles. The molecule has 0 spiro atoms. The Labute approximate surface area is 213 Å². The molecule has 1 unspecified atom stereocenters. The van der Waals surface area contributed by atoms with Crippen LogP contribution in [0.5, 0.6) is 28.7 Å². The average molecular weight is 549 g/mol. The molecule has 0 aliphatic rings. The van der Waals surface area contributed by atoms with E-state index in [9.17, 15) is 20.7 Å². The topological polar surface area (TPSA) is 114 Å². The minimum absolute atomic E-state index is 0.112. The Morgan fingerprint density at radius 3 is 1.70 bits per heavy atom. The van der Waals surface area contributed by atoms with E-state index in [0.717, 1.165) is 17.0 Å². The number of ether oxygens (including phenoxy) is 3. The third-order valence-corrected chi connectivity index (χ3v) is 5.84. The fourth-order valence-electron chi connectivity index (χ4n) is 3.44. The second-order valence-corrected chi connectivity index (χ2v) is 10.2. The summed E-state index contributed by atoms with van der Waals surface area (Å²) in [7, 11) is -7.31. The molecule has 4 aromatic rings. The molecule has 0 saturated carbocycles. The van der Waals surface area contributed by atoms with Gasteiger partial charge in [-0.05, 0) is 71.4 Å². The van der Waals surface area contributed by atoms with Gasteiger partial charge in [-0.3, -0.25) is 0 Å². The number of halogens is 1. The lowest BCUT2D eigenvalue weighted by Crippen LogP contribution is -2.15. The maximum atomic E-state index is 12.8. The number of rotatable bonds is 10. The number of methoxy groups -OCH3 is 1. The van der Waals surface area contributed by atoms with Gasteiger partial charge in [0.25, 0.3) is 6.29 Å². The number of hydrogen-bond acceptors (Lipinski definition) is 9. The van der Waals surface area contributed by atoms with Crippen molar-refractivity contribution in [3.63, 3.8) is 0 Å². The van der Waals surface area contributed by atoms with E-state index >= 15 is 0 Å². The Kier molecular flexibility index (Phi) is 7.41. The van der Waals surface area contributed by atoms with E-state index in [4.69, 9.17) is 18.4 Å². The summed E-state index contributed by atoms with van der Waals surface area (Å²) in [5, 5.41) is 1.68. The van der Waals surface area contributed by atoms with Crippen LogP contribution in [0.2, 0.25) is 0 Å². The van der Waals surface area contributed by atoms with Gasteiger partial charge in [0.1, 0.15) is 28.7 Å². The maximum absolute atomic E-state index is 12.8. The molecule has 12 heteroatoms. The molecule has 0 saturated heterocycles. The molecule has 1 atom stereocenters. The molecule has 0 radical (unpaired) electrons. The van der Waals surface area contributed by atoms with Crippen molar-refractivity contribution in [1.29, 1.82) is 0 Å². The van der Waals surface area contributed by atoms with E-state index in [0.29, 0.717) is 17.1 Å². The molecule has 194 valence electrons. The van der Waals surface area contributed by atoms with Gasteiger partial charge in [-0.2, -0.15) is 16.8 Å². The minimum Gasteiger partial charge on any atom is -0.497 e. The summed E-state index contributed by atoms with van der Waals surface area (Å²) >= 11 is 0. The highest BCUT2D eigenvalue weighted by Crippen LogP contribution is 2.34. The van der Waals surface area contributed by atoms with Crippen LogP contribution in [0, 0.1) is 0 Å². The molecule has 0 fully saturated rings. The summed E-state index contributed by atoms with van der Waals surface area (Å²) < 4.78 is 83.7. The number of hydrogen-bond donors (Lipinski definition) is 0. The minimum atomic E-state index is -5.17. The average Bonchev–Trinajstić information content (AvgIpc) is 2.83. The van der Waals surface area contributed by atoms with E-state index < -0.39 is 26.9 Å². The molecular weight excluding hydrogens is 527 g/mol. The largest absolute Gasteiger partial charge is 0.497 e. The van der Waals surface area contributed by atoms with Crippen LogP contribution in [0.4, 0.5) is 3.89 Å². The third-order valence-electron chi connectivity index (χ3n) is 4.95. The van der Waals surface area contributed by atoms with Gasteiger partial charge in [0.2, 0.25) is 0 Å². The molecule has 0 aromatic heterocycles. The van der Waals surface area contributed by atoms with Crippen molar-refractivity contribution >= 4 is 31.4 Å². The molecule has 0 amide bonds.